The van der Waals surface area contributed by atoms with Gasteiger partial charge in [-0.1, -0.05) is 24.3 Å². The van der Waals surface area contributed by atoms with Crippen LogP contribution in [0.2, 0.25) is 0 Å². The van der Waals surface area contributed by atoms with E-state index in [0.717, 1.165) is 16.2 Å². The first-order valence-electron chi connectivity index (χ1n) is 17.4. The second-order valence-electron chi connectivity index (χ2n) is 12.2. The van der Waals surface area contributed by atoms with Crippen molar-refractivity contribution in [1.29, 1.82) is 0 Å². The Morgan fingerprint density at radius 1 is 0.559 bits per heavy atom. The molecule has 0 bridgehead atoms. The third-order valence-electron chi connectivity index (χ3n) is 8.60. The zero-order valence-corrected chi connectivity index (χ0v) is 33.7. The Hall–Kier alpha value is -7.44. The standard InChI is InChI=1S/C21H18N4O4S.C20H16N4O4S/c1-27-15-8-7-14(10-16(15)28-2)23-19-17-20(30-11-22-17)25-18(24-19)12-5-4-6-13(9-12)21(26)29-3;1-27-14-7-6-13(9-15(14)28-2)22-18-16-19(29-10-21-16)24-17(23-18)11-4-3-5-12(8-11)20(25)26/h4-11H,1-3H3,(H,23,24,25);3-10H,1-2H3,(H,25,26)(H,22,23,24). The molecule has 0 aliphatic rings. The molecule has 0 aliphatic heterocycles. The summed E-state index contributed by atoms with van der Waals surface area (Å²) < 4.78 is 26.1. The minimum absolute atomic E-state index is 0.171. The number of carbonyl (C=O) groups excluding carboxylic acids is 1. The van der Waals surface area contributed by atoms with E-state index in [9.17, 15) is 14.7 Å². The number of fused-ring (bicyclic) bond motifs is 2. The Morgan fingerprint density at radius 2 is 1.02 bits per heavy atom. The van der Waals surface area contributed by atoms with Gasteiger partial charge < -0.3 is 39.4 Å². The first-order valence-corrected chi connectivity index (χ1v) is 19.2. The molecule has 4 heterocycles. The topological polar surface area (TPSA) is 202 Å². The van der Waals surface area contributed by atoms with Crippen LogP contribution in [0.3, 0.4) is 0 Å². The zero-order chi connectivity index (χ0) is 41.5. The van der Waals surface area contributed by atoms with Gasteiger partial charge in [-0.3, -0.25) is 0 Å². The van der Waals surface area contributed by atoms with Crippen molar-refractivity contribution in [3.05, 3.63) is 107 Å². The number of nitrogens with zero attached hydrogens (tertiary/aromatic N) is 6. The third kappa shape index (κ3) is 8.78. The van der Waals surface area contributed by atoms with E-state index in [2.05, 4.69) is 40.5 Å². The molecule has 4 aromatic carbocycles. The van der Waals surface area contributed by atoms with Crippen molar-refractivity contribution in [1.82, 2.24) is 29.9 Å². The minimum atomic E-state index is -1.01. The summed E-state index contributed by atoms with van der Waals surface area (Å²) in [6, 6.07) is 24.4. The fourth-order valence-corrected chi connectivity index (χ4v) is 7.07. The van der Waals surface area contributed by atoms with Gasteiger partial charge in [0.15, 0.2) is 46.3 Å². The number of benzene rings is 4. The molecule has 0 saturated carbocycles. The molecule has 0 spiro atoms. The SMILES string of the molecule is COC(=O)c1cccc(-c2nc(Nc3ccc(OC)c(OC)c3)c3ncsc3n2)c1.COc1ccc(Nc2nc(-c3cccc(C(=O)O)c3)nc3scnc23)cc1OC. The van der Waals surface area contributed by atoms with E-state index in [1.54, 1.807) is 94.1 Å². The molecule has 0 atom stereocenters. The zero-order valence-electron chi connectivity index (χ0n) is 32.0. The second kappa shape index (κ2) is 17.8. The highest BCUT2D eigenvalue weighted by Crippen LogP contribution is 2.35. The van der Waals surface area contributed by atoms with E-state index in [0.29, 0.717) is 78.8 Å². The van der Waals surface area contributed by atoms with Crippen LogP contribution in [0.1, 0.15) is 20.7 Å². The van der Waals surface area contributed by atoms with E-state index < -0.39 is 11.9 Å². The summed E-state index contributed by atoms with van der Waals surface area (Å²) in [5.41, 5.74) is 8.09. The van der Waals surface area contributed by atoms with Gasteiger partial charge in [-0.2, -0.15) is 0 Å². The highest BCUT2D eigenvalue weighted by Gasteiger charge is 2.17. The number of hydrogen-bond acceptors (Lipinski definition) is 17. The molecular weight excluding hydrogens is 797 g/mol. The Balaban J connectivity index is 0.000000179. The Kier molecular flexibility index (Phi) is 12.0. The number of carboxylic acid groups (broad SMARTS) is 1. The molecule has 0 saturated heterocycles. The lowest BCUT2D eigenvalue weighted by Gasteiger charge is -2.12. The number of methoxy groups -OCH3 is 5. The van der Waals surface area contributed by atoms with Crippen LogP contribution in [0.5, 0.6) is 23.0 Å². The van der Waals surface area contributed by atoms with Crippen molar-refractivity contribution in [2.24, 2.45) is 0 Å². The van der Waals surface area contributed by atoms with Crippen LogP contribution in [-0.2, 0) is 4.74 Å². The number of esters is 1. The van der Waals surface area contributed by atoms with Crippen molar-refractivity contribution in [3.63, 3.8) is 0 Å². The fraction of sp³-hybridized carbons (Fsp3) is 0.122. The predicted octanol–water partition coefficient (Wildman–Crippen LogP) is 8.51. The van der Waals surface area contributed by atoms with Crippen molar-refractivity contribution in [3.8, 4) is 45.8 Å². The number of nitrogens with one attached hydrogen (secondary N) is 2. The smallest absolute Gasteiger partial charge is 0.337 e. The molecule has 18 heteroatoms. The maximum atomic E-state index is 11.9. The van der Waals surface area contributed by atoms with Crippen molar-refractivity contribution in [2.45, 2.75) is 0 Å². The van der Waals surface area contributed by atoms with Crippen LogP contribution in [0.15, 0.2) is 96.0 Å². The monoisotopic (exact) mass is 830 g/mol. The van der Waals surface area contributed by atoms with Crippen LogP contribution in [0, 0.1) is 0 Å². The molecule has 4 aromatic heterocycles. The van der Waals surface area contributed by atoms with Gasteiger partial charge in [-0.25, -0.2) is 39.5 Å². The molecule has 16 nitrogen and oxygen atoms in total. The number of thiazole rings is 2. The number of rotatable bonds is 12. The number of aromatic nitrogens is 6. The molecule has 298 valence electrons. The average Bonchev–Trinajstić information content (AvgIpc) is 3.97. The molecule has 59 heavy (non-hydrogen) atoms. The Labute approximate surface area is 344 Å². The molecule has 0 unspecified atom stereocenters. The lowest BCUT2D eigenvalue weighted by atomic mass is 10.1. The minimum Gasteiger partial charge on any atom is -0.493 e. The van der Waals surface area contributed by atoms with E-state index >= 15 is 0 Å². The van der Waals surface area contributed by atoms with Crippen LogP contribution in [0.25, 0.3) is 43.5 Å². The number of ether oxygens (including phenoxy) is 5. The van der Waals surface area contributed by atoms with E-state index in [1.165, 1.54) is 35.8 Å². The molecule has 8 aromatic rings. The normalized spacial score (nSPS) is 10.7. The van der Waals surface area contributed by atoms with E-state index in [4.69, 9.17) is 23.7 Å². The fourth-order valence-electron chi connectivity index (χ4n) is 5.75. The predicted molar refractivity (Wildman–Crippen MR) is 225 cm³/mol. The van der Waals surface area contributed by atoms with Crippen LogP contribution >= 0.6 is 22.7 Å². The van der Waals surface area contributed by atoms with Gasteiger partial charge in [0.1, 0.15) is 20.7 Å². The largest absolute Gasteiger partial charge is 0.493 e. The molecular formula is C41H34N8O8S2. The van der Waals surface area contributed by atoms with Gasteiger partial charge in [0, 0.05) is 34.6 Å². The molecule has 3 N–H and O–H groups in total. The molecule has 0 aliphatic carbocycles. The summed E-state index contributed by atoms with van der Waals surface area (Å²) in [6.07, 6.45) is 0. The van der Waals surface area contributed by atoms with Gasteiger partial charge in [0.05, 0.1) is 57.7 Å². The summed E-state index contributed by atoms with van der Waals surface area (Å²) in [5.74, 6) is 2.94. The number of carbonyl (C=O) groups is 2. The van der Waals surface area contributed by atoms with Gasteiger partial charge in [0.2, 0.25) is 0 Å². The number of hydrogen-bond donors (Lipinski definition) is 3. The van der Waals surface area contributed by atoms with Crippen LogP contribution < -0.4 is 29.6 Å². The number of anilines is 4. The molecule has 8 rings (SSSR count). The number of carboxylic acids is 1. The number of aromatic carboxylic acids is 1. The Bertz CT molecular complexity index is 2810. The van der Waals surface area contributed by atoms with Crippen molar-refractivity contribution >= 4 is 78.3 Å². The average molecular weight is 831 g/mol. The third-order valence-corrected chi connectivity index (χ3v) is 10.0. The summed E-state index contributed by atoms with van der Waals surface area (Å²) >= 11 is 2.79. The summed E-state index contributed by atoms with van der Waals surface area (Å²) in [6.45, 7) is 0. The highest BCUT2D eigenvalue weighted by atomic mass is 32.1. The summed E-state index contributed by atoms with van der Waals surface area (Å²) in [7, 11) is 7.66. The maximum Gasteiger partial charge on any atom is 0.337 e. The molecule has 0 amide bonds. The Morgan fingerprint density at radius 3 is 1.46 bits per heavy atom. The van der Waals surface area contributed by atoms with Gasteiger partial charge >= 0.3 is 11.9 Å². The highest BCUT2D eigenvalue weighted by molar-refractivity contribution is 7.16. The van der Waals surface area contributed by atoms with Gasteiger partial charge in [0.25, 0.3) is 0 Å². The van der Waals surface area contributed by atoms with E-state index in [1.807, 2.05) is 24.3 Å². The molecule has 0 radical (unpaired) electrons. The van der Waals surface area contributed by atoms with Crippen molar-refractivity contribution < 1.29 is 38.4 Å². The first-order chi connectivity index (χ1) is 28.7. The lowest BCUT2D eigenvalue weighted by molar-refractivity contribution is 0.0599. The first kappa shape index (κ1) is 39.8. The lowest BCUT2D eigenvalue weighted by Crippen LogP contribution is -2.02. The van der Waals surface area contributed by atoms with Gasteiger partial charge in [-0.15, -0.1) is 22.7 Å². The van der Waals surface area contributed by atoms with Crippen molar-refractivity contribution in [2.75, 3.05) is 46.2 Å². The van der Waals surface area contributed by atoms with Crippen LogP contribution in [-0.4, -0.2) is 82.5 Å². The van der Waals surface area contributed by atoms with Gasteiger partial charge in [-0.05, 0) is 48.5 Å². The van der Waals surface area contributed by atoms with Crippen LogP contribution in [0.4, 0.5) is 23.0 Å². The quantitative estimate of drug-likeness (QED) is 0.0988. The maximum absolute atomic E-state index is 11.9. The summed E-state index contributed by atoms with van der Waals surface area (Å²) in [4.78, 5) is 51.7. The molecule has 0 fully saturated rings. The summed E-state index contributed by atoms with van der Waals surface area (Å²) in [5, 5.41) is 15.8. The second-order valence-corrected chi connectivity index (χ2v) is 13.8. The van der Waals surface area contributed by atoms with E-state index in [-0.39, 0.29) is 5.56 Å².